The maximum atomic E-state index is 10.6. The van der Waals surface area contributed by atoms with Crippen molar-refractivity contribution in [3.63, 3.8) is 0 Å². The first-order valence-electron chi connectivity index (χ1n) is 4.46. The maximum absolute atomic E-state index is 10.6. The average molecular weight is 178 g/mol. The van der Waals surface area contributed by atoms with E-state index in [4.69, 9.17) is 0 Å². The van der Waals surface area contributed by atoms with Gasteiger partial charge in [-0.2, -0.15) is 0 Å². The topological polar surface area (TPSA) is 37.3 Å². The fourth-order valence-electron chi connectivity index (χ4n) is 1.41. The fraction of sp³-hybridized carbons (Fsp3) is 0.364. The summed E-state index contributed by atoms with van der Waals surface area (Å²) in [6.45, 7) is 3.89. The Hall–Kier alpha value is -1.31. The minimum absolute atomic E-state index is 0.106. The Balaban J connectivity index is 3.14. The lowest BCUT2D eigenvalue weighted by molar-refractivity contribution is 0.112. The SMILES string of the molecule is CCCc1cc(C)c(O)c(C=O)c1. The first-order valence-corrected chi connectivity index (χ1v) is 4.46. The normalized spacial score (nSPS) is 10.0. The number of carbonyl (C=O) groups excluding carboxylic acids is 1. The second-order valence-corrected chi connectivity index (χ2v) is 3.22. The number of hydrogen-bond acceptors (Lipinski definition) is 2. The van der Waals surface area contributed by atoms with E-state index in [1.165, 1.54) is 0 Å². The summed E-state index contributed by atoms with van der Waals surface area (Å²) >= 11 is 0. The van der Waals surface area contributed by atoms with Gasteiger partial charge in [-0.25, -0.2) is 0 Å². The van der Waals surface area contributed by atoms with Crippen LogP contribution in [0.1, 0.15) is 34.8 Å². The van der Waals surface area contributed by atoms with E-state index < -0.39 is 0 Å². The van der Waals surface area contributed by atoms with Crippen molar-refractivity contribution in [3.8, 4) is 5.75 Å². The van der Waals surface area contributed by atoms with Crippen LogP contribution in [0.15, 0.2) is 12.1 Å². The van der Waals surface area contributed by atoms with Gasteiger partial charge in [0.05, 0.1) is 5.56 Å². The molecule has 0 atom stereocenters. The minimum Gasteiger partial charge on any atom is -0.507 e. The van der Waals surface area contributed by atoms with Crippen LogP contribution in [0, 0.1) is 6.92 Å². The summed E-state index contributed by atoms with van der Waals surface area (Å²) in [5, 5.41) is 9.46. The molecule has 0 radical (unpaired) electrons. The van der Waals surface area contributed by atoms with E-state index in [-0.39, 0.29) is 5.75 Å². The lowest BCUT2D eigenvalue weighted by Crippen LogP contribution is -1.90. The molecule has 2 heteroatoms. The third-order valence-corrected chi connectivity index (χ3v) is 2.06. The zero-order chi connectivity index (χ0) is 9.84. The zero-order valence-electron chi connectivity index (χ0n) is 8.00. The van der Waals surface area contributed by atoms with Gasteiger partial charge in [0.15, 0.2) is 6.29 Å². The van der Waals surface area contributed by atoms with E-state index in [1.54, 1.807) is 6.07 Å². The second kappa shape index (κ2) is 4.08. The predicted molar refractivity (Wildman–Crippen MR) is 52.2 cm³/mol. The van der Waals surface area contributed by atoms with Crippen molar-refractivity contribution >= 4 is 6.29 Å². The molecule has 0 unspecified atom stereocenters. The number of aryl methyl sites for hydroxylation is 2. The van der Waals surface area contributed by atoms with Gasteiger partial charge in [0.1, 0.15) is 5.75 Å². The van der Waals surface area contributed by atoms with Crippen molar-refractivity contribution in [3.05, 3.63) is 28.8 Å². The summed E-state index contributed by atoms with van der Waals surface area (Å²) in [4.78, 5) is 10.6. The molecule has 1 N–H and O–H groups in total. The van der Waals surface area contributed by atoms with Crippen molar-refractivity contribution in [1.82, 2.24) is 0 Å². The summed E-state index contributed by atoms with van der Waals surface area (Å²) in [6.07, 6.45) is 2.69. The Morgan fingerprint density at radius 1 is 1.46 bits per heavy atom. The van der Waals surface area contributed by atoms with Gasteiger partial charge in [-0.1, -0.05) is 19.4 Å². The van der Waals surface area contributed by atoms with E-state index >= 15 is 0 Å². The Bertz CT molecular complexity index is 316. The standard InChI is InChI=1S/C11H14O2/c1-3-4-9-5-8(2)11(13)10(6-9)7-12/h5-7,13H,3-4H2,1-2H3. The van der Waals surface area contributed by atoms with Gasteiger partial charge >= 0.3 is 0 Å². The molecule has 0 bridgehead atoms. The van der Waals surface area contributed by atoms with Gasteiger partial charge in [-0.15, -0.1) is 0 Å². The Kier molecular flexibility index (Phi) is 3.07. The van der Waals surface area contributed by atoms with Crippen LogP contribution in [-0.4, -0.2) is 11.4 Å². The molecule has 0 aliphatic carbocycles. The summed E-state index contributed by atoms with van der Waals surface area (Å²) in [5.74, 6) is 0.106. The van der Waals surface area contributed by atoms with Gasteiger partial charge in [-0.05, 0) is 30.5 Å². The largest absolute Gasteiger partial charge is 0.507 e. The van der Waals surface area contributed by atoms with Gasteiger partial charge in [0.2, 0.25) is 0 Å². The van der Waals surface area contributed by atoms with E-state index in [9.17, 15) is 9.90 Å². The number of rotatable bonds is 3. The van der Waals surface area contributed by atoms with Gasteiger partial charge in [-0.3, -0.25) is 4.79 Å². The lowest BCUT2D eigenvalue weighted by atomic mass is 10.0. The van der Waals surface area contributed by atoms with Crippen LogP contribution in [0.4, 0.5) is 0 Å². The Morgan fingerprint density at radius 2 is 2.15 bits per heavy atom. The van der Waals surface area contributed by atoms with Crippen LogP contribution < -0.4 is 0 Å². The van der Waals surface area contributed by atoms with Crippen LogP contribution in [0.5, 0.6) is 5.75 Å². The second-order valence-electron chi connectivity index (χ2n) is 3.22. The molecule has 0 heterocycles. The number of carbonyl (C=O) groups is 1. The molecule has 0 saturated heterocycles. The average Bonchev–Trinajstić information content (AvgIpc) is 2.11. The smallest absolute Gasteiger partial charge is 0.153 e. The van der Waals surface area contributed by atoms with Crippen molar-refractivity contribution in [1.29, 1.82) is 0 Å². The third-order valence-electron chi connectivity index (χ3n) is 2.06. The minimum atomic E-state index is 0.106. The Labute approximate surface area is 78.2 Å². The molecular formula is C11H14O2. The maximum Gasteiger partial charge on any atom is 0.153 e. The highest BCUT2D eigenvalue weighted by atomic mass is 16.3. The number of hydrogen-bond donors (Lipinski definition) is 1. The number of aromatic hydroxyl groups is 1. The van der Waals surface area contributed by atoms with Crippen LogP contribution in [0.2, 0.25) is 0 Å². The molecule has 0 aliphatic rings. The van der Waals surface area contributed by atoms with Crippen LogP contribution >= 0.6 is 0 Å². The molecule has 0 amide bonds. The van der Waals surface area contributed by atoms with E-state index in [0.29, 0.717) is 11.8 Å². The summed E-state index contributed by atoms with van der Waals surface area (Å²) in [7, 11) is 0. The van der Waals surface area contributed by atoms with Crippen LogP contribution in [-0.2, 0) is 6.42 Å². The fourth-order valence-corrected chi connectivity index (χ4v) is 1.41. The molecule has 0 spiro atoms. The highest BCUT2D eigenvalue weighted by Crippen LogP contribution is 2.22. The molecule has 0 aliphatic heterocycles. The molecule has 1 aromatic carbocycles. The van der Waals surface area contributed by atoms with Crippen molar-refractivity contribution in [2.75, 3.05) is 0 Å². The van der Waals surface area contributed by atoms with Gasteiger partial charge in [0, 0.05) is 0 Å². The number of benzene rings is 1. The summed E-state index contributed by atoms with van der Waals surface area (Å²) < 4.78 is 0. The predicted octanol–water partition coefficient (Wildman–Crippen LogP) is 2.47. The van der Waals surface area contributed by atoms with Crippen molar-refractivity contribution in [2.45, 2.75) is 26.7 Å². The number of aldehydes is 1. The van der Waals surface area contributed by atoms with Crippen LogP contribution in [0.3, 0.4) is 0 Å². The zero-order valence-corrected chi connectivity index (χ0v) is 8.00. The highest BCUT2D eigenvalue weighted by molar-refractivity contribution is 5.80. The van der Waals surface area contributed by atoms with E-state index in [0.717, 1.165) is 24.0 Å². The van der Waals surface area contributed by atoms with Gasteiger partial charge in [0.25, 0.3) is 0 Å². The number of phenols is 1. The molecule has 0 saturated carbocycles. The van der Waals surface area contributed by atoms with Gasteiger partial charge < -0.3 is 5.11 Å². The lowest BCUT2D eigenvalue weighted by Gasteiger charge is -2.05. The first-order chi connectivity index (χ1) is 6.19. The van der Waals surface area contributed by atoms with E-state index in [2.05, 4.69) is 6.92 Å². The summed E-state index contributed by atoms with van der Waals surface area (Å²) in [6, 6.07) is 3.67. The van der Waals surface area contributed by atoms with Crippen molar-refractivity contribution in [2.24, 2.45) is 0 Å². The molecule has 2 nitrogen and oxygen atoms in total. The Morgan fingerprint density at radius 3 is 2.69 bits per heavy atom. The molecule has 13 heavy (non-hydrogen) atoms. The molecule has 1 aromatic rings. The van der Waals surface area contributed by atoms with Crippen molar-refractivity contribution < 1.29 is 9.90 Å². The van der Waals surface area contributed by atoms with Crippen LogP contribution in [0.25, 0.3) is 0 Å². The molecular weight excluding hydrogens is 164 g/mol. The monoisotopic (exact) mass is 178 g/mol. The quantitative estimate of drug-likeness (QED) is 0.722. The summed E-state index contributed by atoms with van der Waals surface area (Å²) in [5.41, 5.74) is 2.27. The highest BCUT2D eigenvalue weighted by Gasteiger charge is 2.05. The molecule has 1 rings (SSSR count). The number of phenolic OH excluding ortho intramolecular Hbond substituents is 1. The molecule has 70 valence electrons. The first kappa shape index (κ1) is 9.78. The van der Waals surface area contributed by atoms with E-state index in [1.807, 2.05) is 13.0 Å². The molecule has 0 fully saturated rings. The molecule has 0 aromatic heterocycles. The third kappa shape index (κ3) is 2.08.